The van der Waals surface area contributed by atoms with Crippen LogP contribution in [0.4, 0.5) is 0 Å². The lowest BCUT2D eigenvalue weighted by Gasteiger charge is -2.22. The van der Waals surface area contributed by atoms with Crippen molar-refractivity contribution in [3.63, 3.8) is 0 Å². The Balaban J connectivity index is 1.42. The molecule has 0 aliphatic carbocycles. The minimum atomic E-state index is -0.107. The first kappa shape index (κ1) is 14.0. The van der Waals surface area contributed by atoms with E-state index < -0.39 is 0 Å². The molecule has 3 rings (SSSR count). The van der Waals surface area contributed by atoms with E-state index in [-0.39, 0.29) is 12.4 Å². The van der Waals surface area contributed by atoms with Crippen molar-refractivity contribution < 1.29 is 18.6 Å². The van der Waals surface area contributed by atoms with Crippen molar-refractivity contribution in [1.29, 1.82) is 0 Å². The Bertz CT molecular complexity index is 538. The highest BCUT2D eigenvalue weighted by molar-refractivity contribution is 5.51. The van der Waals surface area contributed by atoms with Gasteiger partial charge in [-0.05, 0) is 31.4 Å². The predicted octanol–water partition coefficient (Wildman–Crippen LogP) is 2.66. The van der Waals surface area contributed by atoms with Crippen LogP contribution in [0.3, 0.4) is 0 Å². The second kappa shape index (κ2) is 7.19. The van der Waals surface area contributed by atoms with Crippen LogP contribution in [0.1, 0.15) is 19.3 Å². The number of hydrogen-bond acceptors (Lipinski definition) is 6. The van der Waals surface area contributed by atoms with Crippen LogP contribution < -0.4 is 4.74 Å². The zero-order valence-electron chi connectivity index (χ0n) is 11.7. The van der Waals surface area contributed by atoms with Gasteiger partial charge in [0.25, 0.3) is 5.89 Å². The maximum absolute atomic E-state index is 5.56. The van der Waals surface area contributed by atoms with Gasteiger partial charge in [-0.2, -0.15) is 0 Å². The zero-order valence-corrected chi connectivity index (χ0v) is 11.7. The summed E-state index contributed by atoms with van der Waals surface area (Å²) >= 11 is 0. The Morgan fingerprint density at radius 1 is 1.10 bits per heavy atom. The number of hydrogen-bond donors (Lipinski definition) is 0. The first-order valence-electron chi connectivity index (χ1n) is 7.17. The van der Waals surface area contributed by atoms with Crippen LogP contribution in [0.5, 0.6) is 6.08 Å². The molecule has 0 spiro atoms. The molecule has 112 valence electrons. The molecule has 1 aliphatic rings. The zero-order chi connectivity index (χ0) is 14.3. The lowest BCUT2D eigenvalue weighted by Crippen LogP contribution is -2.24. The molecular formula is C15H18N2O4. The van der Waals surface area contributed by atoms with Gasteiger partial charge in [-0.3, -0.25) is 0 Å². The van der Waals surface area contributed by atoms with Gasteiger partial charge in [0, 0.05) is 12.2 Å². The molecule has 2 heterocycles. The second-order valence-corrected chi connectivity index (χ2v) is 4.75. The predicted molar refractivity (Wildman–Crippen MR) is 74.8 cm³/mol. The van der Waals surface area contributed by atoms with Crippen LogP contribution in [-0.4, -0.2) is 36.3 Å². The molecule has 0 radical (unpaired) electrons. The summed E-state index contributed by atoms with van der Waals surface area (Å²) in [6.07, 6.45) is 3.25. The number of rotatable bonds is 6. The van der Waals surface area contributed by atoms with Gasteiger partial charge in [0.05, 0.1) is 6.61 Å². The van der Waals surface area contributed by atoms with Crippen molar-refractivity contribution in [2.75, 3.05) is 19.8 Å². The highest BCUT2D eigenvalue weighted by Gasteiger charge is 2.14. The van der Waals surface area contributed by atoms with Gasteiger partial charge in [-0.1, -0.05) is 23.3 Å². The molecule has 1 aliphatic heterocycles. The third-order valence-electron chi connectivity index (χ3n) is 3.18. The molecule has 6 heteroatoms. The lowest BCUT2D eigenvalue weighted by molar-refractivity contribution is -0.166. The number of ether oxygens (including phenoxy) is 3. The summed E-state index contributed by atoms with van der Waals surface area (Å²) in [7, 11) is 0. The normalized spacial score (nSPS) is 18.6. The van der Waals surface area contributed by atoms with Crippen LogP contribution in [0.2, 0.25) is 0 Å². The van der Waals surface area contributed by atoms with Gasteiger partial charge < -0.3 is 18.6 Å². The molecule has 0 unspecified atom stereocenters. The Labute approximate surface area is 123 Å². The van der Waals surface area contributed by atoms with Crippen LogP contribution in [-0.2, 0) is 9.47 Å². The van der Waals surface area contributed by atoms with Gasteiger partial charge in [-0.25, -0.2) is 0 Å². The number of nitrogens with zero attached hydrogens (tertiary/aromatic N) is 2. The average molecular weight is 290 g/mol. The summed E-state index contributed by atoms with van der Waals surface area (Å²) in [5.41, 5.74) is 0.867. The Kier molecular flexibility index (Phi) is 4.81. The van der Waals surface area contributed by atoms with Crippen molar-refractivity contribution in [1.82, 2.24) is 10.2 Å². The standard InChI is InChI=1S/C15H18N2O4/c1-2-6-12(7-3-1)14-16-17-15(21-14)20-11-10-19-13-8-4-5-9-18-13/h1-3,6-7,13H,4-5,8-11H2/t13-/m0/s1. The Morgan fingerprint density at radius 2 is 2.00 bits per heavy atom. The minimum Gasteiger partial charge on any atom is -0.447 e. The first-order valence-corrected chi connectivity index (χ1v) is 7.17. The number of benzene rings is 1. The van der Waals surface area contributed by atoms with Crippen molar-refractivity contribution in [3.8, 4) is 17.5 Å². The molecule has 6 nitrogen and oxygen atoms in total. The Morgan fingerprint density at radius 3 is 2.81 bits per heavy atom. The van der Waals surface area contributed by atoms with Gasteiger partial charge in [0.2, 0.25) is 0 Å². The van der Waals surface area contributed by atoms with E-state index in [2.05, 4.69) is 10.2 Å². The van der Waals surface area contributed by atoms with Crippen LogP contribution >= 0.6 is 0 Å². The van der Waals surface area contributed by atoms with E-state index in [1.807, 2.05) is 30.3 Å². The smallest absolute Gasteiger partial charge is 0.414 e. The van der Waals surface area contributed by atoms with Crippen molar-refractivity contribution in [2.24, 2.45) is 0 Å². The van der Waals surface area contributed by atoms with E-state index in [0.29, 0.717) is 19.1 Å². The van der Waals surface area contributed by atoms with Crippen LogP contribution in [0.15, 0.2) is 34.7 Å². The summed E-state index contributed by atoms with van der Waals surface area (Å²) in [6, 6.07) is 9.57. The van der Waals surface area contributed by atoms with Gasteiger partial charge >= 0.3 is 6.08 Å². The summed E-state index contributed by atoms with van der Waals surface area (Å²) in [5, 5.41) is 7.80. The molecule has 1 aromatic heterocycles. The first-order chi connectivity index (χ1) is 10.4. The van der Waals surface area contributed by atoms with E-state index in [1.54, 1.807) is 0 Å². The molecule has 1 aromatic carbocycles. The topological polar surface area (TPSA) is 66.6 Å². The molecule has 0 amide bonds. The van der Waals surface area contributed by atoms with Gasteiger partial charge in [0.15, 0.2) is 6.29 Å². The van der Waals surface area contributed by atoms with E-state index in [4.69, 9.17) is 18.6 Å². The molecule has 0 saturated carbocycles. The van der Waals surface area contributed by atoms with E-state index >= 15 is 0 Å². The number of aromatic nitrogens is 2. The van der Waals surface area contributed by atoms with Crippen LogP contribution in [0.25, 0.3) is 11.5 Å². The highest BCUT2D eigenvalue weighted by atomic mass is 16.7. The van der Waals surface area contributed by atoms with E-state index in [0.717, 1.165) is 31.4 Å². The third-order valence-corrected chi connectivity index (χ3v) is 3.18. The van der Waals surface area contributed by atoms with Crippen LogP contribution in [0, 0.1) is 0 Å². The maximum atomic E-state index is 5.56. The van der Waals surface area contributed by atoms with Gasteiger partial charge in [-0.15, -0.1) is 5.10 Å². The summed E-state index contributed by atoms with van der Waals surface area (Å²) in [5.74, 6) is 0.446. The summed E-state index contributed by atoms with van der Waals surface area (Å²) in [6.45, 7) is 1.57. The van der Waals surface area contributed by atoms with Crippen molar-refractivity contribution in [3.05, 3.63) is 30.3 Å². The third kappa shape index (κ3) is 4.03. The summed E-state index contributed by atoms with van der Waals surface area (Å²) in [4.78, 5) is 0. The fraction of sp³-hybridized carbons (Fsp3) is 0.467. The molecule has 1 saturated heterocycles. The van der Waals surface area contributed by atoms with E-state index in [9.17, 15) is 0 Å². The molecular weight excluding hydrogens is 272 g/mol. The molecule has 1 atom stereocenters. The fourth-order valence-corrected chi connectivity index (χ4v) is 2.12. The SMILES string of the molecule is c1ccc(-c2nnc(OCCO[C@H]3CCCCO3)o2)cc1. The molecule has 0 N–H and O–H groups in total. The summed E-state index contributed by atoms with van der Waals surface area (Å²) < 4.78 is 21.8. The Hall–Kier alpha value is -1.92. The fourth-order valence-electron chi connectivity index (χ4n) is 2.12. The maximum Gasteiger partial charge on any atom is 0.414 e. The molecule has 2 aromatic rings. The van der Waals surface area contributed by atoms with Gasteiger partial charge in [0.1, 0.15) is 6.61 Å². The molecule has 1 fully saturated rings. The molecule has 21 heavy (non-hydrogen) atoms. The average Bonchev–Trinajstić information content (AvgIpc) is 3.02. The van der Waals surface area contributed by atoms with Crippen molar-refractivity contribution >= 4 is 0 Å². The minimum absolute atomic E-state index is 0.107. The monoisotopic (exact) mass is 290 g/mol. The highest BCUT2D eigenvalue weighted by Crippen LogP contribution is 2.20. The van der Waals surface area contributed by atoms with E-state index in [1.165, 1.54) is 0 Å². The largest absolute Gasteiger partial charge is 0.447 e. The van der Waals surface area contributed by atoms with Crippen molar-refractivity contribution in [2.45, 2.75) is 25.6 Å². The quantitative estimate of drug-likeness (QED) is 0.762. The second-order valence-electron chi connectivity index (χ2n) is 4.75. The molecule has 0 bridgehead atoms. The lowest BCUT2D eigenvalue weighted by atomic mass is 10.2.